The highest BCUT2D eigenvalue weighted by Crippen LogP contribution is 2.19. The van der Waals surface area contributed by atoms with Crippen LogP contribution < -0.4 is 4.90 Å². The van der Waals surface area contributed by atoms with Crippen LogP contribution in [0.25, 0.3) is 0 Å². The molecule has 25 heavy (non-hydrogen) atoms. The Balaban J connectivity index is 1.53. The Morgan fingerprint density at radius 3 is 2.44 bits per heavy atom. The monoisotopic (exact) mass is 340 g/mol. The van der Waals surface area contributed by atoms with Gasteiger partial charge in [-0.3, -0.25) is 9.48 Å². The van der Waals surface area contributed by atoms with Crippen molar-refractivity contribution >= 4 is 11.6 Å². The molecular weight excluding hydrogens is 312 g/mol. The standard InChI is InChI=1S/C20H28N4O/c1-15-6-5-7-18(14-15)23-10-12-24(13-11-23)20(25)9-8-19-16(2)21-22(4)17(19)3/h5-7,14H,8-13H2,1-4H3. The number of carbonyl (C=O) groups is 1. The summed E-state index contributed by atoms with van der Waals surface area (Å²) in [6.45, 7) is 9.62. The van der Waals surface area contributed by atoms with E-state index in [4.69, 9.17) is 0 Å². The molecule has 0 spiro atoms. The molecule has 5 nitrogen and oxygen atoms in total. The van der Waals surface area contributed by atoms with E-state index >= 15 is 0 Å². The summed E-state index contributed by atoms with van der Waals surface area (Å²) in [7, 11) is 1.96. The number of carbonyl (C=O) groups excluding carboxylic acids is 1. The summed E-state index contributed by atoms with van der Waals surface area (Å²) in [5.74, 6) is 0.256. The molecule has 1 amide bonds. The van der Waals surface area contributed by atoms with Crippen LogP contribution in [0.5, 0.6) is 0 Å². The predicted octanol–water partition coefficient (Wildman–Crippen LogP) is 2.63. The molecule has 1 aliphatic rings. The zero-order valence-corrected chi connectivity index (χ0v) is 15.7. The Morgan fingerprint density at radius 2 is 1.84 bits per heavy atom. The molecule has 1 fully saturated rings. The quantitative estimate of drug-likeness (QED) is 0.859. The fourth-order valence-corrected chi connectivity index (χ4v) is 3.61. The van der Waals surface area contributed by atoms with Gasteiger partial charge in [-0.15, -0.1) is 0 Å². The number of rotatable bonds is 4. The Morgan fingerprint density at radius 1 is 1.12 bits per heavy atom. The SMILES string of the molecule is Cc1cccc(N2CCN(C(=O)CCc3c(C)nn(C)c3C)CC2)c1. The number of hydrogen-bond donors (Lipinski definition) is 0. The highest BCUT2D eigenvalue weighted by molar-refractivity contribution is 5.77. The average molecular weight is 340 g/mol. The van der Waals surface area contributed by atoms with Crippen molar-refractivity contribution in [2.24, 2.45) is 7.05 Å². The van der Waals surface area contributed by atoms with Gasteiger partial charge in [0.2, 0.25) is 5.91 Å². The Kier molecular flexibility index (Phi) is 5.11. The topological polar surface area (TPSA) is 41.4 Å². The van der Waals surface area contributed by atoms with Crippen molar-refractivity contribution < 1.29 is 4.79 Å². The van der Waals surface area contributed by atoms with Crippen molar-refractivity contribution in [2.75, 3.05) is 31.1 Å². The Bertz CT molecular complexity index is 757. The number of aryl methyl sites for hydroxylation is 3. The number of aromatic nitrogens is 2. The van der Waals surface area contributed by atoms with Gasteiger partial charge >= 0.3 is 0 Å². The lowest BCUT2D eigenvalue weighted by Gasteiger charge is -2.36. The van der Waals surface area contributed by atoms with E-state index in [1.807, 2.05) is 23.6 Å². The summed E-state index contributed by atoms with van der Waals surface area (Å²) >= 11 is 0. The first-order valence-corrected chi connectivity index (χ1v) is 9.04. The van der Waals surface area contributed by atoms with Gasteiger partial charge in [0.05, 0.1) is 5.69 Å². The van der Waals surface area contributed by atoms with Gasteiger partial charge in [0.25, 0.3) is 0 Å². The summed E-state index contributed by atoms with van der Waals surface area (Å²) < 4.78 is 1.90. The van der Waals surface area contributed by atoms with Gasteiger partial charge < -0.3 is 9.80 Å². The minimum Gasteiger partial charge on any atom is -0.368 e. The van der Waals surface area contributed by atoms with Gasteiger partial charge in [-0.1, -0.05) is 12.1 Å². The second-order valence-electron chi connectivity index (χ2n) is 6.98. The van der Waals surface area contributed by atoms with Crippen molar-refractivity contribution in [1.82, 2.24) is 14.7 Å². The summed E-state index contributed by atoms with van der Waals surface area (Å²) in [4.78, 5) is 17.0. The number of amides is 1. The van der Waals surface area contributed by atoms with E-state index in [9.17, 15) is 4.79 Å². The molecule has 1 aromatic heterocycles. The Labute approximate surface area is 150 Å². The zero-order chi connectivity index (χ0) is 18.0. The maximum absolute atomic E-state index is 12.6. The van der Waals surface area contributed by atoms with Gasteiger partial charge in [0.1, 0.15) is 0 Å². The van der Waals surface area contributed by atoms with E-state index < -0.39 is 0 Å². The van der Waals surface area contributed by atoms with Crippen LogP contribution in [0.3, 0.4) is 0 Å². The van der Waals surface area contributed by atoms with Gasteiger partial charge in [0.15, 0.2) is 0 Å². The molecule has 1 aliphatic heterocycles. The van der Waals surface area contributed by atoms with E-state index in [0.29, 0.717) is 6.42 Å². The molecule has 1 aromatic carbocycles. The van der Waals surface area contributed by atoms with Crippen LogP contribution in [-0.2, 0) is 18.3 Å². The molecule has 0 atom stereocenters. The number of piperazine rings is 1. The largest absolute Gasteiger partial charge is 0.368 e. The molecule has 3 rings (SSSR count). The molecule has 134 valence electrons. The van der Waals surface area contributed by atoms with Crippen molar-refractivity contribution in [3.05, 3.63) is 46.8 Å². The first kappa shape index (κ1) is 17.5. The average Bonchev–Trinajstić information content (AvgIpc) is 2.85. The fourth-order valence-electron chi connectivity index (χ4n) is 3.61. The summed E-state index contributed by atoms with van der Waals surface area (Å²) in [5.41, 5.74) is 5.95. The molecule has 0 saturated carbocycles. The smallest absolute Gasteiger partial charge is 0.223 e. The second-order valence-corrected chi connectivity index (χ2v) is 6.98. The van der Waals surface area contributed by atoms with E-state index in [1.54, 1.807) is 0 Å². The number of hydrogen-bond acceptors (Lipinski definition) is 3. The van der Waals surface area contributed by atoms with Crippen LogP contribution in [0.4, 0.5) is 5.69 Å². The third-order valence-electron chi connectivity index (χ3n) is 5.25. The maximum Gasteiger partial charge on any atom is 0.223 e. The fraction of sp³-hybridized carbons (Fsp3) is 0.500. The molecule has 0 radical (unpaired) electrons. The first-order chi connectivity index (χ1) is 12.0. The summed E-state index contributed by atoms with van der Waals surface area (Å²) in [6.07, 6.45) is 1.35. The lowest BCUT2D eigenvalue weighted by atomic mass is 10.1. The second kappa shape index (κ2) is 7.30. The lowest BCUT2D eigenvalue weighted by Crippen LogP contribution is -2.48. The molecule has 2 heterocycles. The van der Waals surface area contributed by atoms with Gasteiger partial charge in [0, 0.05) is 51.0 Å². The maximum atomic E-state index is 12.6. The van der Waals surface area contributed by atoms with Crippen LogP contribution in [0, 0.1) is 20.8 Å². The molecule has 1 saturated heterocycles. The van der Waals surface area contributed by atoms with Crippen molar-refractivity contribution in [2.45, 2.75) is 33.6 Å². The molecule has 0 N–H and O–H groups in total. The van der Waals surface area contributed by atoms with Crippen LogP contribution in [0.2, 0.25) is 0 Å². The van der Waals surface area contributed by atoms with Crippen LogP contribution >= 0.6 is 0 Å². The molecule has 5 heteroatoms. The predicted molar refractivity (Wildman–Crippen MR) is 101 cm³/mol. The highest BCUT2D eigenvalue weighted by atomic mass is 16.2. The third-order valence-corrected chi connectivity index (χ3v) is 5.25. The molecule has 0 aliphatic carbocycles. The van der Waals surface area contributed by atoms with Crippen molar-refractivity contribution in [3.63, 3.8) is 0 Å². The minimum absolute atomic E-state index is 0.256. The molecule has 2 aromatic rings. The Hall–Kier alpha value is -2.30. The van der Waals surface area contributed by atoms with E-state index in [1.165, 1.54) is 16.8 Å². The van der Waals surface area contributed by atoms with Crippen molar-refractivity contribution in [3.8, 4) is 0 Å². The number of nitrogens with zero attached hydrogens (tertiary/aromatic N) is 4. The zero-order valence-electron chi connectivity index (χ0n) is 15.7. The van der Waals surface area contributed by atoms with Gasteiger partial charge in [-0.05, 0) is 50.5 Å². The summed E-state index contributed by atoms with van der Waals surface area (Å²) in [6, 6.07) is 8.58. The van der Waals surface area contributed by atoms with E-state index in [0.717, 1.165) is 44.0 Å². The lowest BCUT2D eigenvalue weighted by molar-refractivity contribution is -0.131. The van der Waals surface area contributed by atoms with Gasteiger partial charge in [-0.25, -0.2) is 0 Å². The molecular formula is C20H28N4O. The first-order valence-electron chi connectivity index (χ1n) is 9.04. The number of benzene rings is 1. The van der Waals surface area contributed by atoms with Crippen LogP contribution in [-0.4, -0.2) is 46.8 Å². The molecule has 0 unspecified atom stereocenters. The van der Waals surface area contributed by atoms with Crippen molar-refractivity contribution in [1.29, 1.82) is 0 Å². The third kappa shape index (κ3) is 3.86. The highest BCUT2D eigenvalue weighted by Gasteiger charge is 2.22. The van der Waals surface area contributed by atoms with Crippen LogP contribution in [0.1, 0.15) is 28.9 Å². The van der Waals surface area contributed by atoms with Gasteiger partial charge in [-0.2, -0.15) is 5.10 Å². The van der Waals surface area contributed by atoms with E-state index in [-0.39, 0.29) is 5.91 Å². The number of anilines is 1. The van der Waals surface area contributed by atoms with Crippen LogP contribution in [0.15, 0.2) is 24.3 Å². The minimum atomic E-state index is 0.256. The normalized spacial score (nSPS) is 14.9. The van der Waals surface area contributed by atoms with E-state index in [2.05, 4.69) is 48.1 Å². The summed E-state index contributed by atoms with van der Waals surface area (Å²) in [5, 5.41) is 4.44. The molecule has 0 bridgehead atoms.